The standard InChI is InChI=1S/C10H21NO/c1-2-10-8-11(9-10)6-4-3-5-7-12/h10,12H,2-9H2,1H3. The predicted octanol–water partition coefficient (Wildman–Crippen LogP) is 1.49. The SMILES string of the molecule is CCC1CN(CCCCCO)C1. The van der Waals surface area contributed by atoms with Gasteiger partial charge in [-0.05, 0) is 31.7 Å². The number of unbranched alkanes of at least 4 members (excludes halogenated alkanes) is 2. The van der Waals surface area contributed by atoms with E-state index in [1.54, 1.807) is 0 Å². The van der Waals surface area contributed by atoms with Crippen LogP contribution in [0.25, 0.3) is 0 Å². The Morgan fingerprint density at radius 2 is 2.00 bits per heavy atom. The molecule has 0 bridgehead atoms. The van der Waals surface area contributed by atoms with Crippen LogP contribution in [0.1, 0.15) is 32.6 Å². The van der Waals surface area contributed by atoms with Gasteiger partial charge < -0.3 is 10.0 Å². The van der Waals surface area contributed by atoms with Crippen molar-refractivity contribution in [3.63, 3.8) is 0 Å². The van der Waals surface area contributed by atoms with Crippen LogP contribution in [-0.2, 0) is 0 Å². The van der Waals surface area contributed by atoms with Gasteiger partial charge in [-0.15, -0.1) is 0 Å². The van der Waals surface area contributed by atoms with Crippen molar-refractivity contribution in [2.75, 3.05) is 26.2 Å². The topological polar surface area (TPSA) is 23.5 Å². The zero-order valence-electron chi connectivity index (χ0n) is 8.13. The van der Waals surface area contributed by atoms with Crippen molar-refractivity contribution < 1.29 is 5.11 Å². The first kappa shape index (κ1) is 10.0. The molecule has 0 aromatic carbocycles. The lowest BCUT2D eigenvalue weighted by atomic mass is 9.97. The first-order chi connectivity index (χ1) is 5.86. The Kier molecular flexibility index (Phi) is 4.62. The van der Waals surface area contributed by atoms with E-state index in [2.05, 4.69) is 11.8 Å². The minimum Gasteiger partial charge on any atom is -0.396 e. The van der Waals surface area contributed by atoms with Crippen LogP contribution in [-0.4, -0.2) is 36.2 Å². The number of hydrogen-bond donors (Lipinski definition) is 1. The van der Waals surface area contributed by atoms with Gasteiger partial charge in [-0.25, -0.2) is 0 Å². The number of likely N-dealkylation sites (tertiary alicyclic amines) is 1. The highest BCUT2D eigenvalue weighted by Crippen LogP contribution is 2.18. The van der Waals surface area contributed by atoms with E-state index in [4.69, 9.17) is 5.11 Å². The quantitative estimate of drug-likeness (QED) is 0.612. The highest BCUT2D eigenvalue weighted by molar-refractivity contribution is 4.77. The lowest BCUT2D eigenvalue weighted by Crippen LogP contribution is -2.46. The van der Waals surface area contributed by atoms with Crippen LogP contribution in [0.4, 0.5) is 0 Å². The van der Waals surface area contributed by atoms with E-state index in [0.29, 0.717) is 6.61 Å². The molecule has 2 nitrogen and oxygen atoms in total. The molecule has 1 fully saturated rings. The Morgan fingerprint density at radius 1 is 1.25 bits per heavy atom. The molecule has 1 aliphatic rings. The van der Waals surface area contributed by atoms with Crippen LogP contribution in [0, 0.1) is 5.92 Å². The molecule has 0 saturated carbocycles. The molecular formula is C10H21NO. The minimum absolute atomic E-state index is 0.359. The van der Waals surface area contributed by atoms with Crippen LogP contribution >= 0.6 is 0 Å². The average molecular weight is 171 g/mol. The summed E-state index contributed by atoms with van der Waals surface area (Å²) in [5.74, 6) is 0.975. The third kappa shape index (κ3) is 3.11. The number of hydrogen-bond acceptors (Lipinski definition) is 2. The van der Waals surface area contributed by atoms with Gasteiger partial charge in [-0.1, -0.05) is 13.3 Å². The number of rotatable bonds is 6. The molecule has 1 N–H and O–H groups in total. The van der Waals surface area contributed by atoms with Crippen molar-refractivity contribution in [3.05, 3.63) is 0 Å². The summed E-state index contributed by atoms with van der Waals surface area (Å²) in [5, 5.41) is 8.57. The Morgan fingerprint density at radius 3 is 2.58 bits per heavy atom. The molecule has 1 rings (SSSR count). The van der Waals surface area contributed by atoms with E-state index < -0.39 is 0 Å². The Balaban J connectivity index is 1.83. The van der Waals surface area contributed by atoms with Crippen molar-refractivity contribution in [1.29, 1.82) is 0 Å². The minimum atomic E-state index is 0.359. The molecule has 0 spiro atoms. The Labute approximate surface area is 75.6 Å². The lowest BCUT2D eigenvalue weighted by Gasteiger charge is -2.38. The van der Waals surface area contributed by atoms with E-state index in [1.807, 2.05) is 0 Å². The highest BCUT2D eigenvalue weighted by atomic mass is 16.2. The summed E-state index contributed by atoms with van der Waals surface area (Å²) in [4.78, 5) is 2.52. The van der Waals surface area contributed by atoms with Gasteiger partial charge in [0.15, 0.2) is 0 Å². The van der Waals surface area contributed by atoms with Crippen molar-refractivity contribution in [2.24, 2.45) is 5.92 Å². The second-order valence-corrected chi connectivity index (χ2v) is 3.82. The van der Waals surface area contributed by atoms with Gasteiger partial charge in [-0.2, -0.15) is 0 Å². The summed E-state index contributed by atoms with van der Waals surface area (Å²) in [6, 6.07) is 0. The molecule has 0 aromatic rings. The zero-order valence-corrected chi connectivity index (χ0v) is 8.13. The predicted molar refractivity (Wildman–Crippen MR) is 51.2 cm³/mol. The second kappa shape index (κ2) is 5.55. The summed E-state index contributed by atoms with van der Waals surface area (Å²) in [6.45, 7) is 6.51. The second-order valence-electron chi connectivity index (χ2n) is 3.82. The van der Waals surface area contributed by atoms with Gasteiger partial charge >= 0.3 is 0 Å². The van der Waals surface area contributed by atoms with E-state index in [-0.39, 0.29) is 0 Å². The molecule has 0 amide bonds. The van der Waals surface area contributed by atoms with Crippen LogP contribution in [0.5, 0.6) is 0 Å². The molecule has 1 aliphatic heterocycles. The molecule has 1 heterocycles. The molecule has 1 saturated heterocycles. The van der Waals surface area contributed by atoms with Crippen molar-refractivity contribution in [3.8, 4) is 0 Å². The third-order valence-corrected chi connectivity index (χ3v) is 2.74. The maximum atomic E-state index is 8.57. The van der Waals surface area contributed by atoms with Gasteiger partial charge in [0.05, 0.1) is 0 Å². The van der Waals surface area contributed by atoms with E-state index in [1.165, 1.54) is 38.9 Å². The maximum Gasteiger partial charge on any atom is 0.0431 e. The number of nitrogens with zero attached hydrogens (tertiary/aromatic N) is 1. The largest absolute Gasteiger partial charge is 0.396 e. The molecule has 72 valence electrons. The van der Waals surface area contributed by atoms with Crippen LogP contribution in [0.3, 0.4) is 0 Å². The highest BCUT2D eigenvalue weighted by Gasteiger charge is 2.23. The molecule has 0 atom stereocenters. The molecule has 0 aliphatic carbocycles. The summed E-state index contributed by atoms with van der Waals surface area (Å²) >= 11 is 0. The first-order valence-corrected chi connectivity index (χ1v) is 5.20. The average Bonchev–Trinajstić information content (AvgIpc) is 2.01. The third-order valence-electron chi connectivity index (χ3n) is 2.74. The number of aliphatic hydroxyl groups is 1. The fourth-order valence-electron chi connectivity index (χ4n) is 1.74. The maximum absolute atomic E-state index is 8.57. The fraction of sp³-hybridized carbons (Fsp3) is 1.00. The van der Waals surface area contributed by atoms with Gasteiger partial charge in [0, 0.05) is 19.7 Å². The molecular weight excluding hydrogens is 150 g/mol. The molecule has 12 heavy (non-hydrogen) atoms. The first-order valence-electron chi connectivity index (χ1n) is 5.20. The van der Waals surface area contributed by atoms with Gasteiger partial charge in [-0.3, -0.25) is 0 Å². The van der Waals surface area contributed by atoms with Gasteiger partial charge in [0.1, 0.15) is 0 Å². The van der Waals surface area contributed by atoms with E-state index >= 15 is 0 Å². The molecule has 0 aromatic heterocycles. The summed E-state index contributed by atoms with van der Waals surface area (Å²) < 4.78 is 0. The van der Waals surface area contributed by atoms with Crippen molar-refractivity contribution in [1.82, 2.24) is 4.90 Å². The van der Waals surface area contributed by atoms with E-state index in [0.717, 1.165) is 12.3 Å². The van der Waals surface area contributed by atoms with Gasteiger partial charge in [0.2, 0.25) is 0 Å². The van der Waals surface area contributed by atoms with Crippen LogP contribution in [0.15, 0.2) is 0 Å². The Hall–Kier alpha value is -0.0800. The molecule has 0 unspecified atom stereocenters. The summed E-state index contributed by atoms with van der Waals surface area (Å²) in [7, 11) is 0. The normalized spacial score (nSPS) is 19.5. The number of aliphatic hydroxyl groups excluding tert-OH is 1. The lowest BCUT2D eigenvalue weighted by molar-refractivity contribution is 0.0951. The van der Waals surface area contributed by atoms with E-state index in [9.17, 15) is 0 Å². The zero-order chi connectivity index (χ0) is 8.81. The Bertz CT molecular complexity index is 110. The smallest absolute Gasteiger partial charge is 0.0431 e. The monoisotopic (exact) mass is 171 g/mol. The summed E-state index contributed by atoms with van der Waals surface area (Å²) in [6.07, 6.45) is 4.76. The summed E-state index contributed by atoms with van der Waals surface area (Å²) in [5.41, 5.74) is 0. The van der Waals surface area contributed by atoms with Crippen molar-refractivity contribution >= 4 is 0 Å². The van der Waals surface area contributed by atoms with Crippen LogP contribution < -0.4 is 0 Å². The fourth-order valence-corrected chi connectivity index (χ4v) is 1.74. The molecule has 2 heteroatoms. The van der Waals surface area contributed by atoms with Crippen molar-refractivity contribution in [2.45, 2.75) is 32.6 Å². The molecule has 0 radical (unpaired) electrons. The van der Waals surface area contributed by atoms with Gasteiger partial charge in [0.25, 0.3) is 0 Å². The van der Waals surface area contributed by atoms with Crippen LogP contribution in [0.2, 0.25) is 0 Å².